The van der Waals surface area contributed by atoms with E-state index in [9.17, 15) is 19.2 Å². The van der Waals surface area contributed by atoms with Gasteiger partial charge in [0.15, 0.2) is 11.6 Å². The summed E-state index contributed by atoms with van der Waals surface area (Å²) in [6, 6.07) is 2.85. The topological polar surface area (TPSA) is 118 Å². The van der Waals surface area contributed by atoms with Crippen LogP contribution in [-0.4, -0.2) is 84.2 Å². The molecule has 0 bridgehead atoms. The zero-order valence-electron chi connectivity index (χ0n) is 23.4. The van der Waals surface area contributed by atoms with E-state index in [1.54, 1.807) is 26.2 Å². The lowest BCUT2D eigenvalue weighted by Crippen LogP contribution is -2.46. The van der Waals surface area contributed by atoms with E-state index in [1.807, 2.05) is 17.0 Å². The molecule has 4 rings (SSSR count). The van der Waals surface area contributed by atoms with Gasteiger partial charge in [0.25, 0.3) is 0 Å². The molecule has 4 atom stereocenters. The molecule has 0 unspecified atom stereocenters. The molecule has 1 aromatic heterocycles. The highest BCUT2D eigenvalue weighted by molar-refractivity contribution is 5.97. The van der Waals surface area contributed by atoms with Crippen molar-refractivity contribution in [2.75, 3.05) is 39.5 Å². The Labute approximate surface area is 231 Å². The van der Waals surface area contributed by atoms with Crippen molar-refractivity contribution in [1.82, 2.24) is 15.2 Å². The Morgan fingerprint density at radius 2 is 1.77 bits per heavy atom. The first-order chi connectivity index (χ1) is 18.7. The lowest BCUT2D eigenvalue weighted by Gasteiger charge is -2.26. The fourth-order valence-electron chi connectivity index (χ4n) is 5.82. The zero-order chi connectivity index (χ0) is 27.8. The van der Waals surface area contributed by atoms with Crippen molar-refractivity contribution in [2.24, 2.45) is 17.8 Å². The molecule has 0 spiro atoms. The minimum atomic E-state index is -0.789. The molecule has 1 amide bonds. The molecule has 1 N–H and O–H groups in total. The quantitative estimate of drug-likeness (QED) is 0.337. The highest BCUT2D eigenvalue weighted by Gasteiger charge is 2.50. The van der Waals surface area contributed by atoms with Gasteiger partial charge in [0, 0.05) is 50.2 Å². The second kappa shape index (κ2) is 13.7. The molecule has 1 aromatic rings. The van der Waals surface area contributed by atoms with Gasteiger partial charge in [-0.1, -0.05) is 32.6 Å². The lowest BCUT2D eigenvalue weighted by molar-refractivity contribution is -0.134. The van der Waals surface area contributed by atoms with Gasteiger partial charge in [-0.15, -0.1) is 0 Å². The smallest absolute Gasteiger partial charge is 0.223 e. The number of rotatable bonds is 15. The molecule has 2 aliphatic heterocycles. The molecule has 3 heterocycles. The summed E-state index contributed by atoms with van der Waals surface area (Å²) in [5, 5.41) is 2.93. The van der Waals surface area contributed by atoms with Crippen LogP contribution in [0.15, 0.2) is 24.5 Å². The summed E-state index contributed by atoms with van der Waals surface area (Å²) >= 11 is 0. The number of ketones is 3. The minimum absolute atomic E-state index is 0.00110. The normalized spacial score (nSPS) is 24.1. The first kappa shape index (κ1) is 29.5. The summed E-state index contributed by atoms with van der Waals surface area (Å²) in [6.45, 7) is 6.85. The van der Waals surface area contributed by atoms with Crippen LogP contribution >= 0.6 is 0 Å². The first-order valence-electron chi connectivity index (χ1n) is 14.5. The van der Waals surface area contributed by atoms with Crippen molar-refractivity contribution in [1.29, 1.82) is 0 Å². The van der Waals surface area contributed by atoms with E-state index < -0.39 is 23.5 Å². The van der Waals surface area contributed by atoms with Crippen molar-refractivity contribution >= 4 is 23.3 Å². The number of nitrogens with one attached hydrogen (secondary N) is 1. The van der Waals surface area contributed by atoms with Crippen LogP contribution in [0.25, 0.3) is 0 Å². The molecule has 9 heteroatoms. The molecule has 2 saturated heterocycles. The molecule has 39 heavy (non-hydrogen) atoms. The fraction of sp³-hybridized carbons (Fsp3) is 0.700. The maximum absolute atomic E-state index is 13.7. The van der Waals surface area contributed by atoms with Crippen molar-refractivity contribution < 1.29 is 28.7 Å². The molecular weight excluding hydrogens is 498 g/mol. The lowest BCUT2D eigenvalue weighted by atomic mass is 9.81. The monoisotopic (exact) mass is 541 g/mol. The maximum atomic E-state index is 13.7. The summed E-state index contributed by atoms with van der Waals surface area (Å²) in [7, 11) is 0. The number of carbonyl (C=O) groups excluding carboxylic acids is 4. The van der Waals surface area contributed by atoms with E-state index in [1.165, 1.54) is 0 Å². The summed E-state index contributed by atoms with van der Waals surface area (Å²) in [6.07, 6.45) is 8.99. The van der Waals surface area contributed by atoms with Gasteiger partial charge in [-0.2, -0.15) is 0 Å². The van der Waals surface area contributed by atoms with Crippen LogP contribution in [0.3, 0.4) is 0 Å². The minimum Gasteiger partial charge on any atom is -0.379 e. The van der Waals surface area contributed by atoms with Gasteiger partial charge in [-0.25, -0.2) is 0 Å². The van der Waals surface area contributed by atoms with Gasteiger partial charge in [-0.3, -0.25) is 29.1 Å². The second-order valence-electron chi connectivity index (χ2n) is 11.8. The number of morpholine rings is 1. The molecular formula is C30H43N3O6. The Morgan fingerprint density at radius 1 is 1.10 bits per heavy atom. The molecule has 3 fully saturated rings. The number of aromatic nitrogens is 1. The third kappa shape index (κ3) is 8.75. The highest BCUT2D eigenvalue weighted by Crippen LogP contribution is 2.37. The number of amides is 1. The number of carbonyl (C=O) groups is 4. The maximum Gasteiger partial charge on any atom is 0.223 e. The largest absolute Gasteiger partial charge is 0.379 e. The summed E-state index contributed by atoms with van der Waals surface area (Å²) in [5.74, 6) is -1.03. The number of nitrogens with zero attached hydrogens (tertiary/aromatic N) is 2. The van der Waals surface area contributed by atoms with Crippen LogP contribution in [0.4, 0.5) is 0 Å². The van der Waals surface area contributed by atoms with Crippen LogP contribution in [0.2, 0.25) is 0 Å². The van der Waals surface area contributed by atoms with E-state index >= 15 is 0 Å². The third-order valence-corrected chi connectivity index (χ3v) is 8.39. The number of ether oxygens (including phenoxy) is 2. The third-order valence-electron chi connectivity index (χ3n) is 8.39. The van der Waals surface area contributed by atoms with E-state index in [-0.39, 0.29) is 36.1 Å². The van der Waals surface area contributed by atoms with Crippen LogP contribution in [0, 0.1) is 17.8 Å². The summed E-state index contributed by atoms with van der Waals surface area (Å²) in [5.41, 5.74) is 0.0822. The van der Waals surface area contributed by atoms with Crippen LogP contribution in [0.1, 0.15) is 64.4 Å². The van der Waals surface area contributed by atoms with Crippen molar-refractivity contribution in [3.05, 3.63) is 30.1 Å². The number of epoxide rings is 1. The van der Waals surface area contributed by atoms with Gasteiger partial charge in [0.1, 0.15) is 11.4 Å². The second-order valence-corrected chi connectivity index (χ2v) is 11.8. The zero-order valence-corrected chi connectivity index (χ0v) is 23.4. The van der Waals surface area contributed by atoms with Crippen molar-refractivity contribution in [3.63, 3.8) is 0 Å². The SMILES string of the molecule is C[C@H](CC(=O)CN1CCOCC1)C(=O)N[C@@H](Cc1ccncc1)C(=O)C[C@@H](CC1CCCC1)C(=O)[C@@]1(C)CO1. The van der Waals surface area contributed by atoms with E-state index in [4.69, 9.17) is 9.47 Å². The Morgan fingerprint density at radius 3 is 2.41 bits per heavy atom. The number of pyridine rings is 1. The Bertz CT molecular complexity index is 999. The fourth-order valence-corrected chi connectivity index (χ4v) is 5.82. The van der Waals surface area contributed by atoms with Gasteiger partial charge < -0.3 is 14.8 Å². The van der Waals surface area contributed by atoms with Gasteiger partial charge >= 0.3 is 0 Å². The predicted molar refractivity (Wildman–Crippen MR) is 145 cm³/mol. The van der Waals surface area contributed by atoms with Crippen LogP contribution in [-0.2, 0) is 35.1 Å². The number of hydrogen-bond acceptors (Lipinski definition) is 8. The summed E-state index contributed by atoms with van der Waals surface area (Å²) in [4.78, 5) is 59.0. The average Bonchev–Trinajstić information content (AvgIpc) is 3.47. The molecule has 0 radical (unpaired) electrons. The van der Waals surface area contributed by atoms with Crippen LogP contribution < -0.4 is 5.32 Å². The van der Waals surface area contributed by atoms with Crippen molar-refractivity contribution in [2.45, 2.75) is 76.9 Å². The molecule has 1 aliphatic carbocycles. The molecule has 9 nitrogen and oxygen atoms in total. The average molecular weight is 542 g/mol. The van der Waals surface area contributed by atoms with Crippen LogP contribution in [0.5, 0.6) is 0 Å². The molecule has 3 aliphatic rings. The Kier molecular flexibility index (Phi) is 10.4. The standard InChI is InChI=1S/C30H43N3O6/c1-21(15-25(34)19-33-11-13-38-14-12-33)29(37)32-26(17-23-7-9-31-10-8-23)27(35)18-24(16-22-5-3-4-6-22)28(36)30(2)20-39-30/h7-10,21-22,24,26H,3-6,11-20H2,1-2H3,(H,32,37)/t21-,24-,26+,30-/m1/s1. The summed E-state index contributed by atoms with van der Waals surface area (Å²) < 4.78 is 10.8. The van der Waals surface area contributed by atoms with Crippen molar-refractivity contribution in [3.8, 4) is 0 Å². The highest BCUT2D eigenvalue weighted by atomic mass is 16.6. The predicted octanol–water partition coefficient (Wildman–Crippen LogP) is 2.55. The first-order valence-corrected chi connectivity index (χ1v) is 14.5. The molecule has 214 valence electrons. The van der Waals surface area contributed by atoms with E-state index in [0.717, 1.165) is 31.2 Å². The number of hydrogen-bond donors (Lipinski definition) is 1. The van der Waals surface area contributed by atoms with Gasteiger partial charge in [-0.05, 0) is 43.4 Å². The Hall–Kier alpha value is -2.49. The van der Waals surface area contributed by atoms with Gasteiger partial charge in [0.05, 0.1) is 32.4 Å². The van der Waals surface area contributed by atoms with Gasteiger partial charge in [0.2, 0.25) is 5.91 Å². The van der Waals surface area contributed by atoms with E-state index in [2.05, 4.69) is 10.3 Å². The molecule has 1 saturated carbocycles. The molecule has 0 aromatic carbocycles. The number of Topliss-reactive ketones (excluding diaryl/α,β-unsaturated/α-hetero) is 3. The Balaban J connectivity index is 1.40. The van der Waals surface area contributed by atoms with E-state index in [0.29, 0.717) is 58.2 Å².